The normalized spacial score (nSPS) is 11.0. The third-order valence-electron chi connectivity index (χ3n) is 4.10. The number of rotatable bonds is 8. The van der Waals surface area contributed by atoms with E-state index in [1.54, 1.807) is 12.1 Å². The van der Waals surface area contributed by atoms with E-state index in [4.69, 9.17) is 4.74 Å². The Morgan fingerprint density at radius 1 is 1.23 bits per heavy atom. The summed E-state index contributed by atoms with van der Waals surface area (Å²) in [6.45, 7) is 2.53. The predicted molar refractivity (Wildman–Crippen MR) is 121 cm³/mol. The molecule has 0 atom stereocenters. The van der Waals surface area contributed by atoms with Gasteiger partial charge < -0.3 is 10.1 Å². The van der Waals surface area contributed by atoms with Crippen LogP contribution in [0.4, 0.5) is 9.52 Å². The maximum atomic E-state index is 13.7. The standard InChI is InChI=1S/C21H18FN3O2S3/c1-2-27-15-7-8-17-18(10-15)30-20(24-17)25-19(26)9-14-12-29-21(23-14)28-11-13-5-3-4-6-16(13)22/h3-8,10,12H,2,9,11H2,1H3,(H,24,25,26). The number of benzene rings is 2. The van der Waals surface area contributed by atoms with Crippen LogP contribution >= 0.6 is 34.4 Å². The number of nitrogens with one attached hydrogen (secondary N) is 1. The van der Waals surface area contributed by atoms with E-state index in [1.165, 1.54) is 40.5 Å². The molecule has 5 nitrogen and oxygen atoms in total. The Hall–Kier alpha value is -2.49. The van der Waals surface area contributed by atoms with Crippen LogP contribution in [0.15, 0.2) is 52.2 Å². The summed E-state index contributed by atoms with van der Waals surface area (Å²) < 4.78 is 21.0. The van der Waals surface area contributed by atoms with Gasteiger partial charge in [0, 0.05) is 11.1 Å². The van der Waals surface area contributed by atoms with E-state index >= 15 is 0 Å². The molecule has 0 bridgehead atoms. The van der Waals surface area contributed by atoms with E-state index in [0.717, 1.165) is 20.3 Å². The Labute approximate surface area is 185 Å². The SMILES string of the molecule is CCOc1ccc2nc(NC(=O)Cc3csc(SCc4ccccc4F)n3)sc2c1. The topological polar surface area (TPSA) is 64.1 Å². The number of halogens is 1. The van der Waals surface area contributed by atoms with E-state index in [1.807, 2.05) is 36.6 Å². The number of aromatic nitrogens is 2. The highest BCUT2D eigenvalue weighted by atomic mass is 32.2. The van der Waals surface area contributed by atoms with Gasteiger partial charge >= 0.3 is 0 Å². The second-order valence-corrected chi connectivity index (χ2v) is 9.40. The Morgan fingerprint density at radius 2 is 2.10 bits per heavy atom. The molecule has 9 heteroatoms. The molecule has 1 amide bonds. The van der Waals surface area contributed by atoms with Gasteiger partial charge in [-0.2, -0.15) is 0 Å². The van der Waals surface area contributed by atoms with Crippen LogP contribution < -0.4 is 10.1 Å². The van der Waals surface area contributed by atoms with Gasteiger partial charge in [0.25, 0.3) is 0 Å². The lowest BCUT2D eigenvalue weighted by Crippen LogP contribution is -2.14. The first kappa shape index (κ1) is 20.8. The van der Waals surface area contributed by atoms with Crippen molar-refractivity contribution in [2.75, 3.05) is 11.9 Å². The quantitative estimate of drug-likeness (QED) is 0.339. The van der Waals surface area contributed by atoms with Crippen molar-refractivity contribution in [1.82, 2.24) is 9.97 Å². The molecule has 0 saturated carbocycles. The zero-order chi connectivity index (χ0) is 20.9. The summed E-state index contributed by atoms with van der Waals surface area (Å²) in [7, 11) is 0. The minimum absolute atomic E-state index is 0.164. The zero-order valence-electron chi connectivity index (χ0n) is 16.1. The Balaban J connectivity index is 1.34. The van der Waals surface area contributed by atoms with Gasteiger partial charge in [0.15, 0.2) is 5.13 Å². The number of carbonyl (C=O) groups excluding carboxylic acids is 1. The number of hydrogen-bond acceptors (Lipinski definition) is 7. The number of thioether (sulfide) groups is 1. The highest BCUT2D eigenvalue weighted by Gasteiger charge is 2.12. The number of thiazole rings is 2. The van der Waals surface area contributed by atoms with Gasteiger partial charge in [-0.25, -0.2) is 14.4 Å². The molecule has 30 heavy (non-hydrogen) atoms. The Bertz CT molecular complexity index is 1180. The molecule has 0 radical (unpaired) electrons. The average molecular weight is 460 g/mol. The summed E-state index contributed by atoms with van der Waals surface area (Å²) in [4.78, 5) is 21.3. The van der Waals surface area contributed by atoms with Gasteiger partial charge in [0.1, 0.15) is 15.9 Å². The van der Waals surface area contributed by atoms with Crippen LogP contribution in [0.2, 0.25) is 0 Å². The largest absolute Gasteiger partial charge is 0.494 e. The van der Waals surface area contributed by atoms with Crippen LogP contribution in [-0.4, -0.2) is 22.5 Å². The summed E-state index contributed by atoms with van der Waals surface area (Å²) in [5, 5.41) is 5.25. The summed E-state index contributed by atoms with van der Waals surface area (Å²) in [5.74, 6) is 0.899. The van der Waals surface area contributed by atoms with Crippen molar-refractivity contribution in [3.8, 4) is 5.75 Å². The van der Waals surface area contributed by atoms with Crippen LogP contribution in [0.25, 0.3) is 10.2 Å². The third kappa shape index (κ3) is 5.16. The lowest BCUT2D eigenvalue weighted by Gasteiger charge is -2.00. The number of hydrogen-bond donors (Lipinski definition) is 1. The summed E-state index contributed by atoms with van der Waals surface area (Å²) >= 11 is 4.32. The van der Waals surface area contributed by atoms with E-state index in [0.29, 0.717) is 28.7 Å². The number of nitrogens with zero attached hydrogens (tertiary/aromatic N) is 2. The molecule has 0 spiro atoms. The molecule has 0 aliphatic rings. The van der Waals surface area contributed by atoms with E-state index in [9.17, 15) is 9.18 Å². The summed E-state index contributed by atoms with van der Waals surface area (Å²) in [6.07, 6.45) is 0.164. The van der Waals surface area contributed by atoms with Gasteiger partial charge in [-0.05, 0) is 36.8 Å². The van der Waals surface area contributed by atoms with Crippen LogP contribution in [0, 0.1) is 5.82 Å². The molecule has 0 saturated heterocycles. The monoisotopic (exact) mass is 459 g/mol. The molecule has 1 N–H and O–H groups in total. The smallest absolute Gasteiger partial charge is 0.232 e. The van der Waals surface area contributed by atoms with Crippen LogP contribution in [0.3, 0.4) is 0 Å². The van der Waals surface area contributed by atoms with Gasteiger partial charge in [-0.1, -0.05) is 41.3 Å². The van der Waals surface area contributed by atoms with E-state index in [-0.39, 0.29) is 18.1 Å². The summed E-state index contributed by atoms with van der Waals surface area (Å²) in [6, 6.07) is 12.4. The van der Waals surface area contributed by atoms with Crippen molar-refractivity contribution < 1.29 is 13.9 Å². The molecular weight excluding hydrogens is 441 g/mol. The van der Waals surface area contributed by atoms with Crippen molar-refractivity contribution in [2.45, 2.75) is 23.4 Å². The Kier molecular flexibility index (Phi) is 6.61. The van der Waals surface area contributed by atoms with Gasteiger partial charge in [-0.3, -0.25) is 4.79 Å². The first-order chi connectivity index (χ1) is 14.6. The minimum atomic E-state index is -0.217. The van der Waals surface area contributed by atoms with Crippen molar-refractivity contribution in [2.24, 2.45) is 0 Å². The molecule has 2 aromatic carbocycles. The first-order valence-electron chi connectivity index (χ1n) is 9.24. The maximum Gasteiger partial charge on any atom is 0.232 e. The second-order valence-electron chi connectivity index (χ2n) is 6.29. The molecule has 2 heterocycles. The third-order valence-corrected chi connectivity index (χ3v) is 7.15. The first-order valence-corrected chi connectivity index (χ1v) is 11.9. The van der Waals surface area contributed by atoms with Crippen LogP contribution in [0.1, 0.15) is 18.2 Å². The zero-order valence-corrected chi connectivity index (χ0v) is 18.5. The lowest BCUT2D eigenvalue weighted by atomic mass is 10.2. The van der Waals surface area contributed by atoms with Crippen molar-refractivity contribution in [3.05, 3.63) is 64.9 Å². The highest BCUT2D eigenvalue weighted by Crippen LogP contribution is 2.30. The summed E-state index contributed by atoms with van der Waals surface area (Å²) in [5.41, 5.74) is 2.15. The number of amides is 1. The fraction of sp³-hybridized carbons (Fsp3) is 0.190. The molecule has 154 valence electrons. The fourth-order valence-corrected chi connectivity index (χ4v) is 5.48. The van der Waals surface area contributed by atoms with E-state index < -0.39 is 0 Å². The van der Waals surface area contributed by atoms with Crippen LogP contribution in [0.5, 0.6) is 5.75 Å². The molecule has 4 rings (SSSR count). The van der Waals surface area contributed by atoms with Gasteiger partial charge in [0.05, 0.1) is 28.9 Å². The predicted octanol–water partition coefficient (Wildman–Crippen LogP) is 5.76. The minimum Gasteiger partial charge on any atom is -0.494 e. The Morgan fingerprint density at radius 3 is 2.93 bits per heavy atom. The maximum absolute atomic E-state index is 13.7. The van der Waals surface area contributed by atoms with Crippen molar-refractivity contribution >= 4 is 55.7 Å². The molecule has 0 fully saturated rings. The molecular formula is C21H18FN3O2S3. The average Bonchev–Trinajstić information content (AvgIpc) is 3.33. The van der Waals surface area contributed by atoms with Gasteiger partial charge in [0.2, 0.25) is 5.91 Å². The number of ether oxygens (including phenoxy) is 1. The van der Waals surface area contributed by atoms with Crippen molar-refractivity contribution in [1.29, 1.82) is 0 Å². The highest BCUT2D eigenvalue weighted by molar-refractivity contribution is 8.00. The fourth-order valence-electron chi connectivity index (χ4n) is 2.73. The lowest BCUT2D eigenvalue weighted by molar-refractivity contribution is -0.115. The molecule has 0 aliphatic carbocycles. The molecule has 0 unspecified atom stereocenters. The molecule has 4 aromatic rings. The molecule has 2 aromatic heterocycles. The second kappa shape index (κ2) is 9.55. The number of carbonyl (C=O) groups is 1. The van der Waals surface area contributed by atoms with Crippen molar-refractivity contribution in [3.63, 3.8) is 0 Å². The van der Waals surface area contributed by atoms with Gasteiger partial charge in [-0.15, -0.1) is 11.3 Å². The number of anilines is 1. The van der Waals surface area contributed by atoms with E-state index in [2.05, 4.69) is 15.3 Å². The molecule has 0 aliphatic heterocycles. The number of fused-ring (bicyclic) bond motifs is 1. The van der Waals surface area contributed by atoms with Crippen LogP contribution in [-0.2, 0) is 17.0 Å².